The van der Waals surface area contributed by atoms with E-state index >= 15 is 0 Å². The Kier molecular flexibility index (Phi) is 2.52. The monoisotopic (exact) mass is 219 g/mol. The molecular weight excluding hydrogens is 206 g/mol. The van der Waals surface area contributed by atoms with Gasteiger partial charge in [0.25, 0.3) is 5.56 Å². The maximum atomic E-state index is 11.7. The highest BCUT2D eigenvalue weighted by molar-refractivity contribution is 5.85. The molecule has 0 spiro atoms. The van der Waals surface area contributed by atoms with E-state index in [4.69, 9.17) is 4.74 Å². The molecule has 0 radical (unpaired) electrons. The van der Waals surface area contributed by atoms with Crippen LogP contribution >= 0.6 is 0 Å². The van der Waals surface area contributed by atoms with Gasteiger partial charge in [-0.15, -0.1) is 0 Å². The van der Waals surface area contributed by atoms with Gasteiger partial charge in [-0.3, -0.25) is 4.79 Å². The Morgan fingerprint density at radius 1 is 1.44 bits per heavy atom. The third kappa shape index (κ3) is 1.60. The van der Waals surface area contributed by atoms with Gasteiger partial charge in [0.1, 0.15) is 11.6 Å². The van der Waals surface area contributed by atoms with E-state index in [9.17, 15) is 4.79 Å². The third-order valence-electron chi connectivity index (χ3n) is 2.41. The van der Waals surface area contributed by atoms with E-state index in [-0.39, 0.29) is 5.56 Å². The van der Waals surface area contributed by atoms with Crippen LogP contribution in [0.3, 0.4) is 0 Å². The molecule has 84 valence electrons. The first kappa shape index (κ1) is 10.5. The molecule has 16 heavy (non-hydrogen) atoms. The van der Waals surface area contributed by atoms with Gasteiger partial charge in [0, 0.05) is 13.1 Å². The van der Waals surface area contributed by atoms with Gasteiger partial charge in [-0.05, 0) is 13.0 Å². The molecule has 2 aromatic rings. The van der Waals surface area contributed by atoms with Crippen LogP contribution in [0.5, 0.6) is 5.75 Å². The highest BCUT2D eigenvalue weighted by atomic mass is 16.5. The fourth-order valence-corrected chi connectivity index (χ4v) is 1.65. The van der Waals surface area contributed by atoms with Gasteiger partial charge in [0.2, 0.25) is 0 Å². The number of ether oxygens (including phenoxy) is 1. The number of anilines is 1. The number of methoxy groups -OCH3 is 1. The molecule has 1 heterocycles. The topological polar surface area (TPSA) is 67.0 Å². The average molecular weight is 219 g/mol. The van der Waals surface area contributed by atoms with Crippen molar-refractivity contribution in [3.63, 3.8) is 0 Å². The maximum Gasteiger partial charge on any atom is 0.258 e. The summed E-state index contributed by atoms with van der Waals surface area (Å²) in [5, 5.41) is 3.53. The zero-order valence-corrected chi connectivity index (χ0v) is 9.42. The van der Waals surface area contributed by atoms with E-state index in [1.807, 2.05) is 0 Å². The van der Waals surface area contributed by atoms with Crippen molar-refractivity contribution in [2.24, 2.45) is 0 Å². The summed E-state index contributed by atoms with van der Waals surface area (Å²) in [6, 6.07) is 3.49. The predicted molar refractivity (Wildman–Crippen MR) is 63.2 cm³/mol. The lowest BCUT2D eigenvalue weighted by Gasteiger charge is -2.09. The van der Waals surface area contributed by atoms with E-state index in [2.05, 4.69) is 15.3 Å². The largest absolute Gasteiger partial charge is 0.495 e. The molecular formula is C11H13N3O2. The molecule has 1 aromatic heterocycles. The number of aromatic nitrogens is 2. The third-order valence-corrected chi connectivity index (χ3v) is 2.41. The van der Waals surface area contributed by atoms with Gasteiger partial charge in [0.15, 0.2) is 0 Å². The molecule has 2 N–H and O–H groups in total. The van der Waals surface area contributed by atoms with E-state index in [1.54, 1.807) is 33.2 Å². The van der Waals surface area contributed by atoms with Crippen molar-refractivity contribution in [2.45, 2.75) is 6.92 Å². The van der Waals surface area contributed by atoms with Gasteiger partial charge >= 0.3 is 0 Å². The molecule has 0 saturated carbocycles. The molecule has 0 saturated heterocycles. The molecule has 0 atom stereocenters. The summed E-state index contributed by atoms with van der Waals surface area (Å²) in [5.74, 6) is 1.27. The molecule has 0 aliphatic rings. The molecule has 0 bridgehead atoms. The number of nitrogens with one attached hydrogen (secondary N) is 2. The van der Waals surface area contributed by atoms with Crippen LogP contribution < -0.4 is 15.6 Å². The summed E-state index contributed by atoms with van der Waals surface area (Å²) in [5.41, 5.74) is 1.27. The normalized spacial score (nSPS) is 10.4. The summed E-state index contributed by atoms with van der Waals surface area (Å²) < 4.78 is 5.21. The number of aromatic amines is 1. The van der Waals surface area contributed by atoms with Gasteiger partial charge in [-0.1, -0.05) is 0 Å². The highest BCUT2D eigenvalue weighted by Gasteiger charge is 2.08. The lowest BCUT2D eigenvalue weighted by molar-refractivity contribution is 0.417. The number of hydrogen-bond acceptors (Lipinski definition) is 4. The van der Waals surface area contributed by atoms with Crippen molar-refractivity contribution in [3.05, 3.63) is 28.3 Å². The van der Waals surface area contributed by atoms with Crippen molar-refractivity contribution >= 4 is 16.6 Å². The highest BCUT2D eigenvalue weighted by Crippen LogP contribution is 2.27. The fraction of sp³-hybridized carbons (Fsp3) is 0.273. The van der Waals surface area contributed by atoms with Crippen LogP contribution in [0.15, 0.2) is 16.9 Å². The van der Waals surface area contributed by atoms with Crippen molar-refractivity contribution in [1.82, 2.24) is 9.97 Å². The summed E-state index contributed by atoms with van der Waals surface area (Å²) in [4.78, 5) is 18.6. The SMILES string of the molecule is CNc1cc2c(=O)[nH]c(C)nc2cc1OC. The summed E-state index contributed by atoms with van der Waals surface area (Å²) >= 11 is 0. The minimum Gasteiger partial charge on any atom is -0.495 e. The number of rotatable bonds is 2. The van der Waals surface area contributed by atoms with Gasteiger partial charge in [-0.2, -0.15) is 0 Å². The number of H-pyrrole nitrogens is 1. The van der Waals surface area contributed by atoms with Gasteiger partial charge < -0.3 is 15.0 Å². The minimum absolute atomic E-state index is 0.137. The first-order chi connectivity index (χ1) is 7.65. The van der Waals surface area contributed by atoms with Gasteiger partial charge in [-0.25, -0.2) is 4.98 Å². The van der Waals surface area contributed by atoms with Crippen LogP contribution in [0, 0.1) is 6.92 Å². The first-order valence-electron chi connectivity index (χ1n) is 4.92. The average Bonchev–Trinajstić information content (AvgIpc) is 2.27. The Balaban J connectivity index is 2.83. The summed E-state index contributed by atoms with van der Waals surface area (Å²) in [6.45, 7) is 1.75. The zero-order valence-electron chi connectivity index (χ0n) is 9.42. The van der Waals surface area contributed by atoms with Crippen LogP contribution in [0.1, 0.15) is 5.82 Å². The Morgan fingerprint density at radius 3 is 2.81 bits per heavy atom. The second-order valence-corrected chi connectivity index (χ2v) is 3.47. The first-order valence-corrected chi connectivity index (χ1v) is 4.92. The molecule has 1 aromatic carbocycles. The number of hydrogen-bond donors (Lipinski definition) is 2. The van der Waals surface area contributed by atoms with Crippen molar-refractivity contribution in [1.29, 1.82) is 0 Å². The molecule has 0 fully saturated rings. The standard InChI is InChI=1S/C11H13N3O2/c1-6-13-8-5-10(16-3)9(12-2)4-7(8)11(15)14-6/h4-5,12H,1-3H3,(H,13,14,15). The van der Waals surface area contributed by atoms with Crippen molar-refractivity contribution in [3.8, 4) is 5.75 Å². The van der Waals surface area contributed by atoms with Crippen LogP contribution in [0.4, 0.5) is 5.69 Å². The smallest absolute Gasteiger partial charge is 0.258 e. The zero-order chi connectivity index (χ0) is 11.7. The molecule has 5 heteroatoms. The Bertz CT molecular complexity index is 590. The molecule has 0 amide bonds. The maximum absolute atomic E-state index is 11.7. The predicted octanol–water partition coefficient (Wildman–Crippen LogP) is 1.28. The Labute approximate surface area is 92.5 Å². The molecule has 2 rings (SSSR count). The van der Waals surface area contributed by atoms with Crippen LogP contribution in [-0.4, -0.2) is 24.1 Å². The number of benzene rings is 1. The summed E-state index contributed by atoms with van der Waals surface area (Å²) in [6.07, 6.45) is 0. The fourth-order valence-electron chi connectivity index (χ4n) is 1.65. The molecule has 0 unspecified atom stereocenters. The van der Waals surface area contributed by atoms with E-state index < -0.39 is 0 Å². The van der Waals surface area contributed by atoms with Crippen molar-refractivity contribution in [2.75, 3.05) is 19.5 Å². The van der Waals surface area contributed by atoms with Crippen LogP contribution in [0.25, 0.3) is 10.9 Å². The van der Waals surface area contributed by atoms with Crippen LogP contribution in [-0.2, 0) is 0 Å². The Morgan fingerprint density at radius 2 is 2.19 bits per heavy atom. The van der Waals surface area contributed by atoms with E-state index in [0.29, 0.717) is 22.5 Å². The molecule has 0 aliphatic carbocycles. The second-order valence-electron chi connectivity index (χ2n) is 3.47. The van der Waals surface area contributed by atoms with Crippen LogP contribution in [0.2, 0.25) is 0 Å². The van der Waals surface area contributed by atoms with Gasteiger partial charge in [0.05, 0.1) is 23.7 Å². The number of fused-ring (bicyclic) bond motifs is 1. The minimum atomic E-state index is -0.137. The Hall–Kier alpha value is -2.04. The lowest BCUT2D eigenvalue weighted by Crippen LogP contribution is -2.10. The second kappa shape index (κ2) is 3.84. The van der Waals surface area contributed by atoms with E-state index in [0.717, 1.165) is 5.69 Å². The molecule has 0 aliphatic heterocycles. The van der Waals surface area contributed by atoms with Crippen molar-refractivity contribution < 1.29 is 4.74 Å². The van der Waals surface area contributed by atoms with E-state index in [1.165, 1.54) is 0 Å². The number of nitrogens with zero attached hydrogens (tertiary/aromatic N) is 1. The lowest BCUT2D eigenvalue weighted by atomic mass is 10.2. The number of aryl methyl sites for hydroxylation is 1. The quantitative estimate of drug-likeness (QED) is 0.798. The molecule has 5 nitrogen and oxygen atoms in total. The summed E-state index contributed by atoms with van der Waals surface area (Å²) in [7, 11) is 3.36.